The van der Waals surface area contributed by atoms with Gasteiger partial charge in [0.25, 0.3) is 5.92 Å². The highest BCUT2D eigenvalue weighted by atomic mass is 19.3. The molecule has 0 heterocycles. The monoisotopic (exact) mass is 244 g/mol. The van der Waals surface area contributed by atoms with Crippen LogP contribution < -0.4 is 11.1 Å². The van der Waals surface area contributed by atoms with Crippen LogP contribution in [-0.2, 0) is 0 Å². The Kier molecular flexibility index (Phi) is 5.50. The summed E-state index contributed by atoms with van der Waals surface area (Å²) >= 11 is 0. The molecule has 0 rings (SSSR count). The third-order valence-electron chi connectivity index (χ3n) is 1.82. The van der Waals surface area contributed by atoms with Crippen LogP contribution in [0, 0.1) is 11.3 Å². The molecule has 0 unspecified atom stereocenters. The van der Waals surface area contributed by atoms with Crippen molar-refractivity contribution >= 4 is 11.5 Å². The van der Waals surface area contributed by atoms with Crippen LogP contribution in [0.15, 0.2) is 29.7 Å². The standard InChI is InChI=1S/C11H18F2N4/c1-7(2)10(15)17-8(3)16-9(5-6-14)11(4,12)13/h5-7H,3,14H2,1-2,4H3,(H2,15,17)/b6-5-,16-9+. The van der Waals surface area contributed by atoms with Gasteiger partial charge in [0.15, 0.2) is 0 Å². The summed E-state index contributed by atoms with van der Waals surface area (Å²) in [4.78, 5) is 3.61. The van der Waals surface area contributed by atoms with Gasteiger partial charge in [-0.1, -0.05) is 20.4 Å². The van der Waals surface area contributed by atoms with Crippen molar-refractivity contribution in [2.75, 3.05) is 0 Å². The Bertz CT molecular complexity index is 351. The highest BCUT2D eigenvalue weighted by molar-refractivity contribution is 6.01. The molecule has 0 aromatic heterocycles. The molecule has 96 valence electrons. The molecular weight excluding hydrogens is 226 g/mol. The number of amidine groups is 1. The summed E-state index contributed by atoms with van der Waals surface area (Å²) in [6, 6.07) is 0. The predicted octanol–water partition coefficient (Wildman–Crippen LogP) is 2.25. The van der Waals surface area contributed by atoms with E-state index in [1.807, 2.05) is 0 Å². The fraction of sp³-hybridized carbons (Fsp3) is 0.455. The largest absolute Gasteiger partial charge is 0.405 e. The second-order valence-electron chi connectivity index (χ2n) is 3.88. The van der Waals surface area contributed by atoms with Crippen molar-refractivity contribution in [2.24, 2.45) is 16.6 Å². The second-order valence-corrected chi connectivity index (χ2v) is 3.88. The van der Waals surface area contributed by atoms with Gasteiger partial charge in [-0.05, 0) is 12.3 Å². The minimum Gasteiger partial charge on any atom is -0.405 e. The number of hydrogen-bond acceptors (Lipinski definition) is 3. The zero-order valence-corrected chi connectivity index (χ0v) is 10.2. The van der Waals surface area contributed by atoms with Gasteiger partial charge < -0.3 is 11.1 Å². The number of allylic oxidation sites excluding steroid dienone is 1. The predicted molar refractivity (Wildman–Crippen MR) is 66.2 cm³/mol. The van der Waals surface area contributed by atoms with Gasteiger partial charge in [0, 0.05) is 12.8 Å². The zero-order chi connectivity index (χ0) is 13.6. The summed E-state index contributed by atoms with van der Waals surface area (Å²) in [6.07, 6.45) is 1.99. The van der Waals surface area contributed by atoms with Crippen molar-refractivity contribution in [3.8, 4) is 0 Å². The van der Waals surface area contributed by atoms with Gasteiger partial charge in [0.05, 0.1) is 0 Å². The smallest absolute Gasteiger partial charge is 0.287 e. The lowest BCUT2D eigenvalue weighted by Crippen LogP contribution is -2.28. The van der Waals surface area contributed by atoms with Gasteiger partial charge >= 0.3 is 0 Å². The fourth-order valence-electron chi connectivity index (χ4n) is 0.846. The number of nitrogens with two attached hydrogens (primary N) is 1. The number of hydrogen-bond donors (Lipinski definition) is 3. The first-order valence-corrected chi connectivity index (χ1v) is 5.08. The van der Waals surface area contributed by atoms with Crippen LogP contribution in [0.4, 0.5) is 8.78 Å². The third kappa shape index (κ3) is 5.79. The SMILES string of the molecule is C=C(/N=C(\C=C/N)C(C)(F)F)NC(=N)C(C)C. The van der Waals surface area contributed by atoms with Crippen LogP contribution >= 0.6 is 0 Å². The quantitative estimate of drug-likeness (QED) is 0.512. The average Bonchev–Trinajstić information content (AvgIpc) is 2.15. The van der Waals surface area contributed by atoms with Crippen molar-refractivity contribution < 1.29 is 8.78 Å². The number of aliphatic imine (C=N–C) groups is 1. The average molecular weight is 244 g/mol. The lowest BCUT2D eigenvalue weighted by Gasteiger charge is -2.13. The Labute approximate surface area is 99.8 Å². The first-order valence-electron chi connectivity index (χ1n) is 5.08. The minimum atomic E-state index is -3.11. The number of alkyl halides is 2. The van der Waals surface area contributed by atoms with E-state index in [2.05, 4.69) is 16.9 Å². The molecule has 0 saturated heterocycles. The van der Waals surface area contributed by atoms with Gasteiger partial charge in [-0.25, -0.2) is 4.99 Å². The number of rotatable bonds is 5. The summed E-state index contributed by atoms with van der Waals surface area (Å²) < 4.78 is 26.1. The second kappa shape index (κ2) is 6.12. The van der Waals surface area contributed by atoms with Gasteiger partial charge in [0.1, 0.15) is 17.4 Å². The topological polar surface area (TPSA) is 74.3 Å². The summed E-state index contributed by atoms with van der Waals surface area (Å²) in [5.74, 6) is -3.02. The van der Waals surface area contributed by atoms with Crippen LogP contribution in [-0.4, -0.2) is 17.5 Å². The van der Waals surface area contributed by atoms with Crippen LogP contribution in [0.2, 0.25) is 0 Å². The molecule has 0 aliphatic rings. The first-order chi connectivity index (χ1) is 7.68. The van der Waals surface area contributed by atoms with Crippen LogP contribution in [0.1, 0.15) is 20.8 Å². The molecule has 0 bridgehead atoms. The van der Waals surface area contributed by atoms with Crippen molar-refractivity contribution in [1.82, 2.24) is 5.32 Å². The molecule has 0 atom stereocenters. The number of nitrogens with zero attached hydrogens (tertiary/aromatic N) is 1. The van der Waals surface area contributed by atoms with E-state index in [4.69, 9.17) is 11.1 Å². The normalized spacial score (nSPS) is 13.2. The summed E-state index contributed by atoms with van der Waals surface area (Å²) in [7, 11) is 0. The Balaban J connectivity index is 4.85. The third-order valence-corrected chi connectivity index (χ3v) is 1.82. The highest BCUT2D eigenvalue weighted by Crippen LogP contribution is 2.16. The summed E-state index contributed by atoms with van der Waals surface area (Å²) in [5, 5.41) is 10.0. The van der Waals surface area contributed by atoms with Crippen molar-refractivity contribution in [3.05, 3.63) is 24.7 Å². The van der Waals surface area contributed by atoms with E-state index in [0.29, 0.717) is 6.92 Å². The summed E-state index contributed by atoms with van der Waals surface area (Å²) in [5.41, 5.74) is 4.56. The van der Waals surface area contributed by atoms with Crippen LogP contribution in [0.5, 0.6) is 0 Å². The zero-order valence-electron chi connectivity index (χ0n) is 10.2. The van der Waals surface area contributed by atoms with E-state index >= 15 is 0 Å². The molecule has 0 aliphatic heterocycles. The lowest BCUT2D eigenvalue weighted by molar-refractivity contribution is 0.102. The molecule has 4 nitrogen and oxygen atoms in total. The van der Waals surface area contributed by atoms with E-state index in [9.17, 15) is 8.78 Å². The molecule has 0 spiro atoms. The van der Waals surface area contributed by atoms with E-state index in [-0.39, 0.29) is 17.6 Å². The van der Waals surface area contributed by atoms with Crippen molar-refractivity contribution in [1.29, 1.82) is 5.41 Å². The lowest BCUT2D eigenvalue weighted by atomic mass is 10.2. The Hall–Kier alpha value is -1.72. The van der Waals surface area contributed by atoms with Crippen molar-refractivity contribution in [2.45, 2.75) is 26.7 Å². The Morgan fingerprint density at radius 2 is 2.06 bits per heavy atom. The van der Waals surface area contributed by atoms with Gasteiger partial charge in [-0.15, -0.1) is 0 Å². The first kappa shape index (κ1) is 15.3. The molecule has 0 radical (unpaired) electrons. The minimum absolute atomic E-state index is 0.0154. The van der Waals surface area contributed by atoms with E-state index in [1.165, 1.54) is 0 Å². The number of halogens is 2. The molecule has 4 N–H and O–H groups in total. The molecule has 0 fully saturated rings. The van der Waals surface area contributed by atoms with Crippen LogP contribution in [0.25, 0.3) is 0 Å². The molecule has 0 aliphatic carbocycles. The van der Waals surface area contributed by atoms with Gasteiger partial charge in [-0.3, -0.25) is 5.41 Å². The highest BCUT2D eigenvalue weighted by Gasteiger charge is 2.27. The molecule has 0 amide bonds. The van der Waals surface area contributed by atoms with Gasteiger partial charge in [-0.2, -0.15) is 8.78 Å². The molecular formula is C11H18F2N4. The van der Waals surface area contributed by atoms with Crippen molar-refractivity contribution in [3.63, 3.8) is 0 Å². The van der Waals surface area contributed by atoms with E-state index in [1.54, 1.807) is 13.8 Å². The van der Waals surface area contributed by atoms with E-state index in [0.717, 1.165) is 12.3 Å². The number of nitrogens with one attached hydrogen (secondary N) is 2. The maximum atomic E-state index is 13.1. The van der Waals surface area contributed by atoms with Gasteiger partial charge in [0.2, 0.25) is 0 Å². The molecule has 0 aromatic carbocycles. The maximum absolute atomic E-state index is 13.1. The fourth-order valence-corrected chi connectivity index (χ4v) is 0.846. The Morgan fingerprint density at radius 1 is 1.53 bits per heavy atom. The van der Waals surface area contributed by atoms with Crippen LogP contribution in [0.3, 0.4) is 0 Å². The molecule has 17 heavy (non-hydrogen) atoms. The maximum Gasteiger partial charge on any atom is 0.287 e. The summed E-state index contributed by atoms with van der Waals surface area (Å²) in [6.45, 7) is 7.77. The Morgan fingerprint density at radius 3 is 2.41 bits per heavy atom. The molecule has 0 aromatic rings. The van der Waals surface area contributed by atoms with E-state index < -0.39 is 11.6 Å². The molecule has 6 heteroatoms. The molecule has 0 saturated carbocycles.